The number of aromatic nitrogens is 2. The van der Waals surface area contributed by atoms with Crippen molar-refractivity contribution in [3.63, 3.8) is 0 Å². The van der Waals surface area contributed by atoms with Gasteiger partial charge in [0.15, 0.2) is 13.1 Å². The first-order chi connectivity index (χ1) is 28.7. The van der Waals surface area contributed by atoms with Crippen molar-refractivity contribution < 1.29 is 66.9 Å². The Morgan fingerprint density at radius 1 is 0.672 bits per heavy atom. The number of nitrogens with zero attached hydrogens (tertiary/aromatic N) is 2. The number of halogens is 6. The van der Waals surface area contributed by atoms with Gasteiger partial charge in [0.05, 0.1) is 16.3 Å². The molecule has 0 aliphatic heterocycles. The first-order valence-electron chi connectivity index (χ1n) is 16.9. The average Bonchev–Trinajstić information content (AvgIpc) is 3.62. The Bertz CT molecular complexity index is 2520. The van der Waals surface area contributed by atoms with E-state index in [0.29, 0.717) is 5.69 Å². The van der Waals surface area contributed by atoms with Gasteiger partial charge in [-0.2, -0.15) is 30.6 Å². The molecule has 18 nitrogen and oxygen atoms in total. The maximum atomic E-state index is 13.0. The van der Waals surface area contributed by atoms with Crippen LogP contribution in [0.25, 0.3) is 0 Å². The van der Waals surface area contributed by atoms with Crippen molar-refractivity contribution in [1.29, 1.82) is 0 Å². The monoisotopic (exact) mass is 897 g/mol. The summed E-state index contributed by atoms with van der Waals surface area (Å²) in [6, 6.07) is 21.5. The van der Waals surface area contributed by atoms with Crippen LogP contribution in [0.2, 0.25) is 0 Å². The van der Waals surface area contributed by atoms with Gasteiger partial charge in [-0.15, -0.1) is 0 Å². The van der Waals surface area contributed by atoms with Gasteiger partial charge in [-0.3, -0.25) is 50.3 Å². The summed E-state index contributed by atoms with van der Waals surface area (Å²) in [5, 5.41) is 5.25. The number of hydrogen-bond acceptors (Lipinski definition) is 10. The van der Waals surface area contributed by atoms with Crippen molar-refractivity contribution in [2.45, 2.75) is 30.3 Å². The van der Waals surface area contributed by atoms with E-state index in [1.54, 1.807) is 6.07 Å². The summed E-state index contributed by atoms with van der Waals surface area (Å²) in [7, 11) is -4.19. The molecule has 0 bridgehead atoms. The van der Waals surface area contributed by atoms with Crippen LogP contribution >= 0.6 is 0 Å². The molecular weight excluding hydrogens is 867 g/mol. The third-order valence-corrected chi connectivity index (χ3v) is 9.62. The molecule has 4 aromatic carbocycles. The number of carbonyl (C=O) groups is 4. The maximum absolute atomic E-state index is 13.0. The summed E-state index contributed by atoms with van der Waals surface area (Å²) in [6.45, 7) is -0.405. The third kappa shape index (κ3) is 13.9. The highest BCUT2D eigenvalue weighted by Crippen LogP contribution is 2.23. The molecule has 61 heavy (non-hydrogen) atoms. The number of nitrogens with one attached hydrogen (secondary N) is 8. The van der Waals surface area contributed by atoms with Crippen LogP contribution < -0.4 is 50.5 Å². The zero-order chi connectivity index (χ0) is 44.4. The number of hydrogen-bond donors (Lipinski definition) is 8. The quantitative estimate of drug-likeness (QED) is 0.0381. The standard InChI is InChI=1S/C35H30F6N10O8S2/c36-34(37,38)32(54)46-44-22-7-11-24(12-8-22)48-60(56)59-28-5-1-3-26(17-28)42-30(52)19-50-15-16-51(21-50)20-31(53)43-27-4-2-6-29(18-27)61(57,58)49-25-13-9-23(10-14-25)45-47-33(55)35(39,40)41/h1-18,21,44-45,48-49H,19-20H2,(H3-,42,43,46,47,52,53,54,55)/p+1. The molecule has 0 spiro atoms. The fourth-order valence-electron chi connectivity index (χ4n) is 4.79. The number of hydrazine groups is 2. The van der Waals surface area contributed by atoms with Crippen LogP contribution in [0.4, 0.5) is 60.5 Å². The Kier molecular flexibility index (Phi) is 14.0. The summed E-state index contributed by atoms with van der Waals surface area (Å²) >= 11 is -2.14. The lowest BCUT2D eigenvalue weighted by atomic mass is 10.3. The molecule has 0 fully saturated rings. The van der Waals surface area contributed by atoms with Gasteiger partial charge >= 0.3 is 35.4 Å². The second-order valence-corrected chi connectivity index (χ2v) is 14.8. The van der Waals surface area contributed by atoms with E-state index in [4.69, 9.17) is 4.18 Å². The van der Waals surface area contributed by atoms with Crippen molar-refractivity contribution in [3.8, 4) is 5.75 Å². The second kappa shape index (κ2) is 19.1. The average molecular weight is 898 g/mol. The minimum absolute atomic E-state index is 0.0387. The smallest absolute Gasteiger partial charge is 0.385 e. The molecule has 8 N–H and O–H groups in total. The first-order valence-corrected chi connectivity index (χ1v) is 19.5. The summed E-state index contributed by atoms with van der Waals surface area (Å²) in [5.74, 6) is -5.32. The summed E-state index contributed by atoms with van der Waals surface area (Å²) < 4.78 is 126. The molecule has 0 aliphatic carbocycles. The molecule has 0 saturated carbocycles. The van der Waals surface area contributed by atoms with E-state index in [-0.39, 0.29) is 52.2 Å². The molecule has 322 valence electrons. The van der Waals surface area contributed by atoms with Crippen LogP contribution in [-0.2, 0) is 53.6 Å². The van der Waals surface area contributed by atoms with Crippen molar-refractivity contribution in [2.24, 2.45) is 0 Å². The van der Waals surface area contributed by atoms with E-state index in [1.807, 2.05) is 0 Å². The van der Waals surface area contributed by atoms with Crippen LogP contribution in [0, 0.1) is 0 Å². The molecule has 1 heterocycles. The van der Waals surface area contributed by atoms with Gasteiger partial charge in [0.2, 0.25) is 6.33 Å². The Hall–Kier alpha value is -7.35. The normalized spacial score (nSPS) is 12.0. The van der Waals surface area contributed by atoms with Crippen LogP contribution in [-0.4, -0.2) is 53.2 Å². The van der Waals surface area contributed by atoms with Crippen molar-refractivity contribution in [1.82, 2.24) is 15.4 Å². The van der Waals surface area contributed by atoms with Crippen molar-refractivity contribution >= 4 is 79.0 Å². The topological polar surface area (TPSA) is 234 Å². The lowest BCUT2D eigenvalue weighted by Crippen LogP contribution is -2.40. The van der Waals surface area contributed by atoms with E-state index in [2.05, 4.69) is 30.9 Å². The number of sulfonamides is 1. The molecule has 4 amide bonds. The summed E-state index contributed by atoms with van der Waals surface area (Å²) in [6.07, 6.45) is -5.64. The fraction of sp³-hybridized carbons (Fsp3) is 0.114. The van der Waals surface area contributed by atoms with Gasteiger partial charge in [0.25, 0.3) is 21.8 Å². The van der Waals surface area contributed by atoms with Crippen LogP contribution in [0.15, 0.2) is 121 Å². The van der Waals surface area contributed by atoms with E-state index in [1.165, 1.54) is 130 Å². The number of imidazole rings is 1. The molecule has 0 aliphatic rings. The van der Waals surface area contributed by atoms with Gasteiger partial charge < -0.3 is 14.8 Å². The number of benzene rings is 4. The van der Waals surface area contributed by atoms with Crippen molar-refractivity contribution in [2.75, 3.05) is 30.9 Å². The molecule has 1 unspecified atom stereocenters. The second-order valence-electron chi connectivity index (χ2n) is 12.2. The Labute approximate surface area is 343 Å². The highest BCUT2D eigenvalue weighted by molar-refractivity contribution is 7.92. The highest BCUT2D eigenvalue weighted by atomic mass is 32.2. The number of rotatable bonds is 17. The van der Waals surface area contributed by atoms with Crippen molar-refractivity contribution in [3.05, 3.63) is 116 Å². The third-order valence-electron chi connectivity index (χ3n) is 7.50. The zero-order valence-electron chi connectivity index (χ0n) is 30.6. The van der Waals surface area contributed by atoms with Gasteiger partial charge in [0.1, 0.15) is 18.1 Å². The number of anilines is 6. The highest BCUT2D eigenvalue weighted by Gasteiger charge is 2.39. The van der Waals surface area contributed by atoms with Gasteiger partial charge in [0, 0.05) is 28.8 Å². The van der Waals surface area contributed by atoms with Gasteiger partial charge in [-0.05, 0) is 78.9 Å². The number of carbonyl (C=O) groups excluding carboxylic acids is 4. The molecule has 5 rings (SSSR count). The Balaban J connectivity index is 1.06. The van der Waals surface area contributed by atoms with E-state index in [9.17, 15) is 58.1 Å². The predicted molar refractivity (Wildman–Crippen MR) is 206 cm³/mol. The number of amides is 4. The molecule has 0 radical (unpaired) electrons. The molecule has 1 aromatic heterocycles. The van der Waals surface area contributed by atoms with E-state index < -0.39 is 57.3 Å². The molecule has 1 atom stereocenters. The van der Waals surface area contributed by atoms with E-state index >= 15 is 0 Å². The fourth-order valence-corrected chi connectivity index (χ4v) is 6.54. The Morgan fingerprint density at radius 2 is 1.20 bits per heavy atom. The largest absolute Gasteiger partial charge is 0.472 e. The molecule has 0 saturated heterocycles. The maximum Gasteiger partial charge on any atom is 0.472 e. The zero-order valence-corrected chi connectivity index (χ0v) is 32.3. The van der Waals surface area contributed by atoms with Gasteiger partial charge in [-0.25, -0.2) is 17.6 Å². The summed E-state index contributed by atoms with van der Waals surface area (Å²) in [5.41, 5.74) is 8.00. The minimum atomic E-state index is -5.10. The lowest BCUT2D eigenvalue weighted by molar-refractivity contribution is -0.683. The minimum Gasteiger partial charge on any atom is -0.385 e. The predicted octanol–water partition coefficient (Wildman–Crippen LogP) is 3.93. The molecule has 5 aromatic rings. The van der Waals surface area contributed by atoms with Crippen LogP contribution in [0.5, 0.6) is 5.75 Å². The molecular formula is C35H31F6N10O8S2+. The SMILES string of the molecule is O=C(Cn1cc[n+](CC(=O)Nc2cccc(S(=O)(=O)Nc3ccc(NNC(=O)C(F)(F)F)cc3)c2)c1)Nc1cccc(OS(=O)Nc2ccc(NNC(=O)C(F)(F)F)cc2)c1. The Morgan fingerprint density at radius 3 is 1.79 bits per heavy atom. The molecule has 26 heteroatoms. The number of alkyl halides is 6. The van der Waals surface area contributed by atoms with Crippen LogP contribution in [0.3, 0.4) is 0 Å². The lowest BCUT2D eigenvalue weighted by Gasteiger charge is -2.12. The van der Waals surface area contributed by atoms with Crippen LogP contribution in [0.1, 0.15) is 0 Å². The van der Waals surface area contributed by atoms with Gasteiger partial charge in [-0.1, -0.05) is 12.1 Å². The summed E-state index contributed by atoms with van der Waals surface area (Å²) in [4.78, 5) is 47.3. The van der Waals surface area contributed by atoms with E-state index in [0.717, 1.165) is 0 Å². The first kappa shape index (κ1) is 44.7.